The van der Waals surface area contributed by atoms with Gasteiger partial charge in [0.05, 0.1) is 6.26 Å². The molecule has 0 atom stereocenters. The van der Waals surface area contributed by atoms with E-state index in [1.807, 2.05) is 25.1 Å². The number of furan rings is 1. The van der Waals surface area contributed by atoms with Crippen LogP contribution in [0.4, 0.5) is 11.4 Å². The van der Waals surface area contributed by atoms with Gasteiger partial charge in [0.15, 0.2) is 5.76 Å². The van der Waals surface area contributed by atoms with Crippen molar-refractivity contribution in [2.24, 2.45) is 0 Å². The van der Waals surface area contributed by atoms with Gasteiger partial charge in [-0.2, -0.15) is 0 Å². The molecule has 1 aromatic carbocycles. The summed E-state index contributed by atoms with van der Waals surface area (Å²) < 4.78 is 5.08. The molecule has 0 radical (unpaired) electrons. The van der Waals surface area contributed by atoms with Crippen LogP contribution in [0.5, 0.6) is 0 Å². The first-order valence-electron chi connectivity index (χ1n) is 7.47. The van der Waals surface area contributed by atoms with Crippen molar-refractivity contribution >= 4 is 23.2 Å². The Balaban J connectivity index is 1.86. The monoisotopic (exact) mass is 298 g/mol. The molecule has 0 unspecified atom stereocenters. The average molecular weight is 298 g/mol. The molecule has 2 heterocycles. The zero-order valence-electron chi connectivity index (χ0n) is 12.5. The highest BCUT2D eigenvalue weighted by Gasteiger charge is 2.22. The number of hydrogen-bond acceptors (Lipinski definition) is 3. The lowest BCUT2D eigenvalue weighted by atomic mass is 10.0. The Morgan fingerprint density at radius 1 is 1.32 bits per heavy atom. The molecule has 0 bridgehead atoms. The fourth-order valence-electron chi connectivity index (χ4n) is 2.70. The van der Waals surface area contributed by atoms with E-state index in [2.05, 4.69) is 5.32 Å². The van der Waals surface area contributed by atoms with Gasteiger partial charge in [0.2, 0.25) is 5.91 Å². The lowest BCUT2D eigenvalue weighted by molar-refractivity contribution is -0.118. The molecule has 2 aromatic rings. The molecule has 114 valence electrons. The Bertz CT molecular complexity index is 692. The SMILES string of the molecule is CCC(=O)N1CCCc2ccc(NC(=O)c3ccco3)cc21. The molecule has 1 aliphatic heterocycles. The zero-order chi connectivity index (χ0) is 15.5. The number of anilines is 2. The van der Waals surface area contributed by atoms with Gasteiger partial charge in [0, 0.05) is 24.3 Å². The van der Waals surface area contributed by atoms with E-state index < -0.39 is 0 Å². The van der Waals surface area contributed by atoms with Crippen LogP contribution in [0, 0.1) is 0 Å². The van der Waals surface area contributed by atoms with E-state index in [1.165, 1.54) is 6.26 Å². The summed E-state index contributed by atoms with van der Waals surface area (Å²) in [5.74, 6) is 0.0730. The van der Waals surface area contributed by atoms with Crippen LogP contribution in [0.3, 0.4) is 0 Å². The smallest absolute Gasteiger partial charge is 0.291 e. The molecule has 5 heteroatoms. The summed E-state index contributed by atoms with van der Waals surface area (Å²) in [6, 6.07) is 8.98. The minimum Gasteiger partial charge on any atom is -0.459 e. The summed E-state index contributed by atoms with van der Waals surface area (Å²) in [6.07, 6.45) is 3.86. The first kappa shape index (κ1) is 14.4. The maximum absolute atomic E-state index is 12.1. The molecule has 1 aliphatic rings. The summed E-state index contributed by atoms with van der Waals surface area (Å²) in [6.45, 7) is 2.59. The van der Waals surface area contributed by atoms with Crippen LogP contribution in [-0.4, -0.2) is 18.4 Å². The third kappa shape index (κ3) is 2.74. The van der Waals surface area contributed by atoms with Crippen LogP contribution in [0.15, 0.2) is 41.0 Å². The van der Waals surface area contributed by atoms with E-state index in [0.29, 0.717) is 12.1 Å². The van der Waals surface area contributed by atoms with Crippen LogP contribution >= 0.6 is 0 Å². The van der Waals surface area contributed by atoms with Crippen molar-refractivity contribution in [2.45, 2.75) is 26.2 Å². The van der Waals surface area contributed by atoms with E-state index in [4.69, 9.17) is 4.42 Å². The molecule has 0 fully saturated rings. The summed E-state index contributed by atoms with van der Waals surface area (Å²) in [5.41, 5.74) is 2.70. The molecular weight excluding hydrogens is 280 g/mol. The third-order valence-electron chi connectivity index (χ3n) is 3.81. The number of benzene rings is 1. The third-order valence-corrected chi connectivity index (χ3v) is 3.81. The largest absolute Gasteiger partial charge is 0.459 e. The number of hydrogen-bond donors (Lipinski definition) is 1. The van der Waals surface area contributed by atoms with E-state index in [1.54, 1.807) is 17.0 Å². The predicted octanol–water partition coefficient (Wildman–Crippen LogP) is 3.22. The van der Waals surface area contributed by atoms with Crippen LogP contribution in [0.2, 0.25) is 0 Å². The summed E-state index contributed by atoms with van der Waals surface area (Å²) >= 11 is 0. The predicted molar refractivity (Wildman–Crippen MR) is 84.1 cm³/mol. The van der Waals surface area contributed by atoms with E-state index >= 15 is 0 Å². The highest BCUT2D eigenvalue weighted by Crippen LogP contribution is 2.30. The fourth-order valence-corrected chi connectivity index (χ4v) is 2.70. The molecule has 1 aromatic heterocycles. The molecule has 3 rings (SSSR count). The van der Waals surface area contributed by atoms with Gasteiger partial charge in [-0.15, -0.1) is 0 Å². The minimum absolute atomic E-state index is 0.107. The highest BCUT2D eigenvalue weighted by atomic mass is 16.3. The van der Waals surface area contributed by atoms with Crippen molar-refractivity contribution in [3.63, 3.8) is 0 Å². The normalized spacial score (nSPS) is 13.6. The summed E-state index contributed by atoms with van der Waals surface area (Å²) in [5, 5.41) is 2.80. The van der Waals surface area contributed by atoms with Gasteiger partial charge in [-0.3, -0.25) is 9.59 Å². The molecular formula is C17H18N2O3. The van der Waals surface area contributed by atoms with Crippen LogP contribution in [0.25, 0.3) is 0 Å². The Morgan fingerprint density at radius 3 is 2.91 bits per heavy atom. The van der Waals surface area contributed by atoms with Gasteiger partial charge >= 0.3 is 0 Å². The number of aryl methyl sites for hydroxylation is 1. The second-order valence-corrected chi connectivity index (χ2v) is 5.28. The van der Waals surface area contributed by atoms with E-state index in [-0.39, 0.29) is 17.6 Å². The Hall–Kier alpha value is -2.56. The minimum atomic E-state index is -0.297. The van der Waals surface area contributed by atoms with Gasteiger partial charge in [0.1, 0.15) is 0 Å². The first-order valence-corrected chi connectivity index (χ1v) is 7.47. The van der Waals surface area contributed by atoms with Crippen molar-refractivity contribution < 1.29 is 14.0 Å². The number of amides is 2. The number of carbonyl (C=O) groups excluding carboxylic acids is 2. The Labute approximate surface area is 128 Å². The molecule has 0 saturated carbocycles. The highest BCUT2D eigenvalue weighted by molar-refractivity contribution is 6.03. The van der Waals surface area contributed by atoms with Crippen molar-refractivity contribution in [1.82, 2.24) is 0 Å². The molecule has 1 N–H and O–H groups in total. The summed E-state index contributed by atoms with van der Waals surface area (Å²) in [7, 11) is 0. The molecule has 0 spiro atoms. The van der Waals surface area contributed by atoms with Crippen molar-refractivity contribution in [2.75, 3.05) is 16.8 Å². The standard InChI is InChI=1S/C17H18N2O3/c1-2-16(20)19-9-3-5-12-7-8-13(11-14(12)19)18-17(21)15-6-4-10-22-15/h4,6-8,10-11H,2-3,5,9H2,1H3,(H,18,21). The molecule has 0 saturated heterocycles. The quantitative estimate of drug-likeness (QED) is 0.946. The van der Waals surface area contributed by atoms with E-state index in [0.717, 1.165) is 30.6 Å². The second-order valence-electron chi connectivity index (χ2n) is 5.28. The molecule has 2 amide bonds. The zero-order valence-corrected chi connectivity index (χ0v) is 12.5. The van der Waals surface area contributed by atoms with Gasteiger partial charge in [-0.25, -0.2) is 0 Å². The first-order chi connectivity index (χ1) is 10.7. The number of nitrogens with one attached hydrogen (secondary N) is 1. The van der Waals surface area contributed by atoms with Gasteiger partial charge < -0.3 is 14.6 Å². The molecule has 5 nitrogen and oxygen atoms in total. The lowest BCUT2D eigenvalue weighted by Gasteiger charge is -2.29. The topological polar surface area (TPSA) is 62.6 Å². The maximum Gasteiger partial charge on any atom is 0.291 e. The maximum atomic E-state index is 12.1. The second kappa shape index (κ2) is 6.05. The number of nitrogens with zero attached hydrogens (tertiary/aromatic N) is 1. The number of fused-ring (bicyclic) bond motifs is 1. The van der Waals surface area contributed by atoms with Crippen LogP contribution < -0.4 is 10.2 Å². The number of rotatable bonds is 3. The van der Waals surface area contributed by atoms with E-state index in [9.17, 15) is 9.59 Å². The fraction of sp³-hybridized carbons (Fsp3) is 0.294. The molecule has 0 aliphatic carbocycles. The van der Waals surface area contributed by atoms with Crippen molar-refractivity contribution in [3.8, 4) is 0 Å². The number of carbonyl (C=O) groups is 2. The van der Waals surface area contributed by atoms with Gasteiger partial charge in [-0.1, -0.05) is 13.0 Å². The van der Waals surface area contributed by atoms with Gasteiger partial charge in [-0.05, 0) is 42.7 Å². The molecule has 22 heavy (non-hydrogen) atoms. The van der Waals surface area contributed by atoms with Crippen molar-refractivity contribution in [3.05, 3.63) is 47.9 Å². The van der Waals surface area contributed by atoms with Gasteiger partial charge in [0.25, 0.3) is 5.91 Å². The van der Waals surface area contributed by atoms with Crippen LogP contribution in [-0.2, 0) is 11.2 Å². The Morgan fingerprint density at radius 2 is 2.18 bits per heavy atom. The summed E-state index contributed by atoms with van der Waals surface area (Å²) in [4.78, 5) is 25.9. The van der Waals surface area contributed by atoms with Crippen molar-refractivity contribution in [1.29, 1.82) is 0 Å². The average Bonchev–Trinajstić information content (AvgIpc) is 3.08. The van der Waals surface area contributed by atoms with Crippen LogP contribution in [0.1, 0.15) is 35.9 Å². The Kier molecular flexibility index (Phi) is 3.96. The lowest BCUT2D eigenvalue weighted by Crippen LogP contribution is -2.35.